The topological polar surface area (TPSA) is 69.6 Å². The number of hydrogen-bond acceptors (Lipinski definition) is 3. The molecule has 0 heterocycles. The standard InChI is InChI=1S/C50H99NO3/c1-3-5-7-9-11-13-15-17-19-21-22-23-24-25-26-27-28-30-31-33-35-37-39-41-43-45-49(53)48(47-52)51-50(54)46-44-42-40-38-36-34-32-29-20-18-16-14-12-10-8-6-4-2/h43,45,48-49,52-53H,3-42,44,46-47H2,1-2H3,(H,51,54)/b45-43+. The van der Waals surface area contributed by atoms with Gasteiger partial charge in [-0.2, -0.15) is 0 Å². The summed E-state index contributed by atoms with van der Waals surface area (Å²) < 4.78 is 0. The second kappa shape index (κ2) is 46.5. The van der Waals surface area contributed by atoms with Gasteiger partial charge in [0.25, 0.3) is 0 Å². The van der Waals surface area contributed by atoms with Crippen molar-refractivity contribution in [3.8, 4) is 0 Å². The number of aliphatic hydroxyl groups is 2. The third kappa shape index (κ3) is 42.3. The summed E-state index contributed by atoms with van der Waals surface area (Å²) in [6, 6.07) is -0.617. The van der Waals surface area contributed by atoms with E-state index in [1.807, 2.05) is 6.08 Å². The second-order valence-electron chi connectivity index (χ2n) is 17.2. The largest absolute Gasteiger partial charge is 0.394 e. The van der Waals surface area contributed by atoms with Crippen LogP contribution in [0.1, 0.15) is 284 Å². The van der Waals surface area contributed by atoms with Crippen LogP contribution in [0.4, 0.5) is 0 Å². The van der Waals surface area contributed by atoms with Crippen LogP contribution >= 0.6 is 0 Å². The molecule has 0 aromatic heterocycles. The zero-order valence-corrected chi connectivity index (χ0v) is 37.0. The predicted molar refractivity (Wildman–Crippen MR) is 239 cm³/mol. The highest BCUT2D eigenvalue weighted by Crippen LogP contribution is 2.17. The van der Waals surface area contributed by atoms with E-state index >= 15 is 0 Å². The van der Waals surface area contributed by atoms with E-state index in [0.29, 0.717) is 6.42 Å². The molecule has 1 amide bonds. The number of carbonyl (C=O) groups is 1. The van der Waals surface area contributed by atoms with Gasteiger partial charge >= 0.3 is 0 Å². The van der Waals surface area contributed by atoms with Crippen LogP contribution in [0.3, 0.4) is 0 Å². The lowest BCUT2D eigenvalue weighted by molar-refractivity contribution is -0.123. The molecule has 322 valence electrons. The number of rotatable bonds is 46. The molecule has 3 N–H and O–H groups in total. The average molecular weight is 762 g/mol. The zero-order valence-electron chi connectivity index (χ0n) is 37.0. The molecule has 0 radical (unpaired) electrons. The summed E-state index contributed by atoms with van der Waals surface area (Å²) in [7, 11) is 0. The van der Waals surface area contributed by atoms with E-state index in [2.05, 4.69) is 19.2 Å². The molecule has 0 bridgehead atoms. The molecular weight excluding hydrogens is 663 g/mol. The molecule has 4 heteroatoms. The maximum Gasteiger partial charge on any atom is 0.220 e. The monoisotopic (exact) mass is 762 g/mol. The SMILES string of the molecule is CCCCCCCCCCCCCCCCCCCCCCCCC/C=C/C(O)C(CO)NC(=O)CCCCCCCCCCCCCCCCCCC. The first-order valence-corrected chi connectivity index (χ1v) is 24.9. The van der Waals surface area contributed by atoms with E-state index in [9.17, 15) is 15.0 Å². The molecule has 0 rings (SSSR count). The Balaban J connectivity index is 3.48. The highest BCUT2D eigenvalue weighted by Gasteiger charge is 2.18. The van der Waals surface area contributed by atoms with Crippen LogP contribution in [0, 0.1) is 0 Å². The van der Waals surface area contributed by atoms with Gasteiger partial charge in [-0.3, -0.25) is 4.79 Å². The van der Waals surface area contributed by atoms with Crippen LogP contribution in [0.25, 0.3) is 0 Å². The molecule has 0 aliphatic rings. The molecule has 0 saturated carbocycles. The van der Waals surface area contributed by atoms with Crippen molar-refractivity contribution < 1.29 is 15.0 Å². The highest BCUT2D eigenvalue weighted by atomic mass is 16.3. The van der Waals surface area contributed by atoms with E-state index < -0.39 is 12.1 Å². The average Bonchev–Trinajstić information content (AvgIpc) is 3.18. The minimum Gasteiger partial charge on any atom is -0.394 e. The molecule has 54 heavy (non-hydrogen) atoms. The Morgan fingerprint density at radius 2 is 0.685 bits per heavy atom. The van der Waals surface area contributed by atoms with Gasteiger partial charge in [0.2, 0.25) is 5.91 Å². The Labute approximate surface area is 339 Å². The van der Waals surface area contributed by atoms with E-state index in [1.165, 1.54) is 238 Å². The fraction of sp³-hybridized carbons (Fsp3) is 0.940. The van der Waals surface area contributed by atoms with Crippen molar-refractivity contribution in [2.45, 2.75) is 296 Å². The lowest BCUT2D eigenvalue weighted by atomic mass is 10.0. The summed E-state index contributed by atoms with van der Waals surface area (Å²) in [4.78, 5) is 12.4. The van der Waals surface area contributed by atoms with Gasteiger partial charge in [-0.25, -0.2) is 0 Å². The molecule has 0 aliphatic carbocycles. The Hall–Kier alpha value is -0.870. The molecule has 0 spiro atoms. The van der Waals surface area contributed by atoms with E-state index in [-0.39, 0.29) is 12.5 Å². The first-order chi connectivity index (χ1) is 26.7. The molecule has 4 nitrogen and oxygen atoms in total. The number of carbonyl (C=O) groups excluding carboxylic acids is 1. The third-order valence-corrected chi connectivity index (χ3v) is 11.8. The number of hydrogen-bond donors (Lipinski definition) is 3. The zero-order chi connectivity index (χ0) is 39.3. The van der Waals surface area contributed by atoms with Crippen molar-refractivity contribution in [2.75, 3.05) is 6.61 Å². The predicted octanol–water partition coefficient (Wildman–Crippen LogP) is 15.8. The van der Waals surface area contributed by atoms with Crippen molar-refractivity contribution in [1.29, 1.82) is 0 Å². The van der Waals surface area contributed by atoms with E-state index in [1.54, 1.807) is 6.08 Å². The Kier molecular flexibility index (Phi) is 45.8. The normalized spacial score (nSPS) is 12.9. The van der Waals surface area contributed by atoms with Gasteiger partial charge in [-0.15, -0.1) is 0 Å². The minimum atomic E-state index is -0.834. The van der Waals surface area contributed by atoms with E-state index in [0.717, 1.165) is 25.7 Å². The number of allylic oxidation sites excluding steroid dienone is 1. The van der Waals surface area contributed by atoms with Gasteiger partial charge in [0, 0.05) is 6.42 Å². The van der Waals surface area contributed by atoms with Crippen LogP contribution in [-0.4, -0.2) is 34.9 Å². The minimum absolute atomic E-state index is 0.0581. The third-order valence-electron chi connectivity index (χ3n) is 11.8. The second-order valence-corrected chi connectivity index (χ2v) is 17.2. The molecule has 0 aliphatic heterocycles. The van der Waals surface area contributed by atoms with Gasteiger partial charge in [0.15, 0.2) is 0 Å². The maximum absolute atomic E-state index is 12.4. The maximum atomic E-state index is 12.4. The molecule has 2 atom stereocenters. The number of aliphatic hydroxyl groups excluding tert-OH is 2. The first kappa shape index (κ1) is 53.1. The van der Waals surface area contributed by atoms with Crippen LogP contribution < -0.4 is 5.32 Å². The Morgan fingerprint density at radius 3 is 0.963 bits per heavy atom. The number of unbranched alkanes of at least 4 members (excludes halogenated alkanes) is 39. The fourth-order valence-corrected chi connectivity index (χ4v) is 7.95. The molecule has 0 aromatic rings. The van der Waals surface area contributed by atoms with Crippen LogP contribution in [-0.2, 0) is 4.79 Å². The lowest BCUT2D eigenvalue weighted by Crippen LogP contribution is -2.45. The van der Waals surface area contributed by atoms with Crippen molar-refractivity contribution in [3.63, 3.8) is 0 Å². The van der Waals surface area contributed by atoms with E-state index in [4.69, 9.17) is 0 Å². The number of amides is 1. The molecule has 0 fully saturated rings. The van der Waals surface area contributed by atoms with Gasteiger partial charge in [0.1, 0.15) is 0 Å². The highest BCUT2D eigenvalue weighted by molar-refractivity contribution is 5.76. The summed E-state index contributed by atoms with van der Waals surface area (Å²) in [5.41, 5.74) is 0. The van der Waals surface area contributed by atoms with Gasteiger partial charge in [-0.05, 0) is 19.3 Å². The molecule has 0 saturated heterocycles. The van der Waals surface area contributed by atoms with Gasteiger partial charge in [0.05, 0.1) is 18.8 Å². The fourth-order valence-electron chi connectivity index (χ4n) is 7.95. The summed E-state index contributed by atoms with van der Waals surface area (Å²) in [5.74, 6) is -0.0581. The smallest absolute Gasteiger partial charge is 0.220 e. The summed E-state index contributed by atoms with van der Waals surface area (Å²) in [6.07, 6.45) is 59.2. The summed E-state index contributed by atoms with van der Waals surface area (Å²) >= 11 is 0. The van der Waals surface area contributed by atoms with Crippen molar-refractivity contribution in [2.24, 2.45) is 0 Å². The first-order valence-electron chi connectivity index (χ1n) is 24.9. The van der Waals surface area contributed by atoms with Gasteiger partial charge in [-0.1, -0.05) is 270 Å². The summed E-state index contributed by atoms with van der Waals surface area (Å²) in [5, 5.41) is 23.1. The lowest BCUT2D eigenvalue weighted by Gasteiger charge is -2.20. The molecular formula is C50H99NO3. The molecule has 2 unspecified atom stereocenters. The number of nitrogens with one attached hydrogen (secondary N) is 1. The van der Waals surface area contributed by atoms with Crippen LogP contribution in [0.15, 0.2) is 12.2 Å². The molecule has 0 aromatic carbocycles. The quantitative estimate of drug-likeness (QED) is 0.0427. The van der Waals surface area contributed by atoms with Crippen molar-refractivity contribution >= 4 is 5.91 Å². The van der Waals surface area contributed by atoms with Crippen molar-refractivity contribution in [3.05, 3.63) is 12.2 Å². The Bertz CT molecular complexity index is 739. The Morgan fingerprint density at radius 1 is 0.426 bits per heavy atom. The van der Waals surface area contributed by atoms with Gasteiger partial charge < -0.3 is 15.5 Å². The van der Waals surface area contributed by atoms with Crippen LogP contribution in [0.5, 0.6) is 0 Å². The van der Waals surface area contributed by atoms with Crippen molar-refractivity contribution in [1.82, 2.24) is 5.32 Å². The summed E-state index contributed by atoms with van der Waals surface area (Å²) in [6.45, 7) is 4.34. The van der Waals surface area contributed by atoms with Crippen LogP contribution in [0.2, 0.25) is 0 Å².